The van der Waals surface area contributed by atoms with E-state index in [0.29, 0.717) is 0 Å². The molecule has 1 N–H and O–H groups in total. The lowest BCUT2D eigenvalue weighted by atomic mass is 9.99. The minimum Gasteiger partial charge on any atom is -0.380 e. The third kappa shape index (κ3) is 7.34. The van der Waals surface area contributed by atoms with E-state index in [1.807, 2.05) is 0 Å². The van der Waals surface area contributed by atoms with E-state index >= 15 is 0 Å². The normalized spacial score (nSPS) is 20.5. The van der Waals surface area contributed by atoms with Crippen LogP contribution in [-0.2, 0) is 4.74 Å². The number of hydrogen-bond donors (Lipinski definition) is 1. The van der Waals surface area contributed by atoms with Crippen LogP contribution in [-0.4, -0.2) is 50.8 Å². The summed E-state index contributed by atoms with van der Waals surface area (Å²) in [5.74, 6) is 0.848. The second-order valence-corrected chi connectivity index (χ2v) is 5.48. The fraction of sp³-hybridized carbons (Fsp3) is 1.00. The van der Waals surface area contributed by atoms with Crippen molar-refractivity contribution >= 4 is 0 Å². The number of hydrogen-bond acceptors (Lipinski definition) is 3. The van der Waals surface area contributed by atoms with Gasteiger partial charge in [-0.2, -0.15) is 0 Å². The first-order valence-electron chi connectivity index (χ1n) is 7.87. The highest BCUT2D eigenvalue weighted by Gasteiger charge is 2.16. The van der Waals surface area contributed by atoms with Crippen LogP contribution in [0.25, 0.3) is 0 Å². The zero-order valence-electron chi connectivity index (χ0n) is 12.4. The summed E-state index contributed by atoms with van der Waals surface area (Å²) in [6, 6.07) is 0. The minimum atomic E-state index is 0.848. The van der Waals surface area contributed by atoms with E-state index in [2.05, 4.69) is 24.1 Å². The van der Waals surface area contributed by atoms with E-state index in [1.165, 1.54) is 58.3 Å². The summed E-state index contributed by atoms with van der Waals surface area (Å²) in [6.45, 7) is 12.3. The molecule has 0 amide bonds. The minimum absolute atomic E-state index is 0.848. The molecule has 0 aromatic carbocycles. The van der Waals surface area contributed by atoms with Crippen LogP contribution in [0.1, 0.15) is 46.0 Å². The predicted molar refractivity (Wildman–Crippen MR) is 78.1 cm³/mol. The van der Waals surface area contributed by atoms with Gasteiger partial charge in [0.05, 0.1) is 6.61 Å². The number of rotatable bonds is 10. The molecular weight excluding hydrogens is 224 g/mol. The van der Waals surface area contributed by atoms with Crippen LogP contribution in [0.5, 0.6) is 0 Å². The molecule has 0 spiro atoms. The van der Waals surface area contributed by atoms with Gasteiger partial charge in [-0.15, -0.1) is 0 Å². The highest BCUT2D eigenvalue weighted by atomic mass is 16.5. The van der Waals surface area contributed by atoms with Gasteiger partial charge in [0.25, 0.3) is 0 Å². The van der Waals surface area contributed by atoms with Gasteiger partial charge in [0, 0.05) is 19.7 Å². The second kappa shape index (κ2) is 10.8. The lowest BCUT2D eigenvalue weighted by Gasteiger charge is -2.29. The number of nitrogens with one attached hydrogen (secondary N) is 1. The Kier molecular flexibility index (Phi) is 9.54. The molecule has 1 atom stereocenters. The van der Waals surface area contributed by atoms with E-state index in [9.17, 15) is 0 Å². The third-order valence-corrected chi connectivity index (χ3v) is 3.65. The van der Waals surface area contributed by atoms with Crippen molar-refractivity contribution in [3.8, 4) is 0 Å². The quantitative estimate of drug-likeness (QED) is 0.608. The van der Waals surface area contributed by atoms with Crippen LogP contribution in [0.2, 0.25) is 0 Å². The summed E-state index contributed by atoms with van der Waals surface area (Å²) in [5, 5.41) is 3.51. The third-order valence-electron chi connectivity index (χ3n) is 3.65. The van der Waals surface area contributed by atoms with Crippen LogP contribution in [0.4, 0.5) is 0 Å². The summed E-state index contributed by atoms with van der Waals surface area (Å²) < 4.78 is 5.68. The molecule has 0 bridgehead atoms. The largest absolute Gasteiger partial charge is 0.380 e. The standard InChI is InChI=1S/C15H32N2O/c1-3-5-11-18-12-10-17(9-4-2)14-15-7-6-8-16-13-15/h15-16H,3-14H2,1-2H3. The molecule has 108 valence electrons. The van der Waals surface area contributed by atoms with Crippen LogP contribution in [0, 0.1) is 5.92 Å². The summed E-state index contributed by atoms with van der Waals surface area (Å²) in [5.41, 5.74) is 0. The first kappa shape index (κ1) is 15.9. The van der Waals surface area contributed by atoms with Gasteiger partial charge < -0.3 is 15.0 Å². The molecule has 0 saturated carbocycles. The molecule has 1 fully saturated rings. The van der Waals surface area contributed by atoms with Crippen molar-refractivity contribution < 1.29 is 4.74 Å². The molecular formula is C15H32N2O. The zero-order chi connectivity index (χ0) is 13.1. The Morgan fingerprint density at radius 1 is 1.17 bits per heavy atom. The number of nitrogens with zero attached hydrogens (tertiary/aromatic N) is 1. The molecule has 1 aliphatic rings. The fourth-order valence-corrected chi connectivity index (χ4v) is 2.60. The molecule has 0 aromatic rings. The Bertz CT molecular complexity index is 181. The van der Waals surface area contributed by atoms with E-state index < -0.39 is 0 Å². The molecule has 3 nitrogen and oxygen atoms in total. The van der Waals surface area contributed by atoms with E-state index in [-0.39, 0.29) is 0 Å². The number of piperidine rings is 1. The molecule has 0 aromatic heterocycles. The Morgan fingerprint density at radius 2 is 2.06 bits per heavy atom. The Balaban J connectivity index is 2.12. The van der Waals surface area contributed by atoms with Crippen molar-refractivity contribution in [2.75, 3.05) is 45.9 Å². The maximum absolute atomic E-state index is 5.68. The van der Waals surface area contributed by atoms with Gasteiger partial charge in [-0.25, -0.2) is 0 Å². The lowest BCUT2D eigenvalue weighted by molar-refractivity contribution is 0.0932. The molecule has 0 aliphatic carbocycles. The average Bonchev–Trinajstić information content (AvgIpc) is 2.40. The molecule has 1 rings (SSSR count). The molecule has 1 heterocycles. The van der Waals surface area contributed by atoms with Gasteiger partial charge in [0.15, 0.2) is 0 Å². The van der Waals surface area contributed by atoms with Gasteiger partial charge in [0.2, 0.25) is 0 Å². The van der Waals surface area contributed by atoms with Crippen molar-refractivity contribution in [1.29, 1.82) is 0 Å². The molecule has 1 saturated heterocycles. The topological polar surface area (TPSA) is 24.5 Å². The number of unbranched alkanes of at least 4 members (excludes halogenated alkanes) is 1. The van der Waals surface area contributed by atoms with E-state index in [4.69, 9.17) is 4.74 Å². The highest BCUT2D eigenvalue weighted by Crippen LogP contribution is 2.11. The predicted octanol–water partition coefficient (Wildman–Crippen LogP) is 2.51. The SMILES string of the molecule is CCCCOCCN(CCC)CC1CCCNC1. The fourth-order valence-electron chi connectivity index (χ4n) is 2.60. The number of ether oxygens (including phenoxy) is 1. The molecule has 3 heteroatoms. The van der Waals surface area contributed by atoms with Crippen molar-refractivity contribution in [2.24, 2.45) is 5.92 Å². The van der Waals surface area contributed by atoms with Crippen LogP contribution in [0.3, 0.4) is 0 Å². The monoisotopic (exact) mass is 256 g/mol. The van der Waals surface area contributed by atoms with Crippen LogP contribution in [0.15, 0.2) is 0 Å². The summed E-state index contributed by atoms with van der Waals surface area (Å²) in [7, 11) is 0. The molecule has 18 heavy (non-hydrogen) atoms. The molecule has 1 aliphatic heterocycles. The Labute approximate surface area is 113 Å². The summed E-state index contributed by atoms with van der Waals surface area (Å²) in [4.78, 5) is 2.59. The maximum atomic E-state index is 5.68. The van der Waals surface area contributed by atoms with Gasteiger partial charge in [-0.05, 0) is 51.2 Å². The zero-order valence-corrected chi connectivity index (χ0v) is 12.4. The lowest BCUT2D eigenvalue weighted by Crippen LogP contribution is -2.39. The van der Waals surface area contributed by atoms with Gasteiger partial charge in [-0.1, -0.05) is 20.3 Å². The maximum Gasteiger partial charge on any atom is 0.0593 e. The Hall–Kier alpha value is -0.120. The van der Waals surface area contributed by atoms with Crippen molar-refractivity contribution in [2.45, 2.75) is 46.0 Å². The van der Waals surface area contributed by atoms with E-state index in [1.54, 1.807) is 0 Å². The highest BCUT2D eigenvalue weighted by molar-refractivity contribution is 4.72. The smallest absolute Gasteiger partial charge is 0.0593 e. The first-order valence-corrected chi connectivity index (χ1v) is 7.87. The van der Waals surface area contributed by atoms with E-state index in [0.717, 1.165) is 25.7 Å². The first-order chi connectivity index (χ1) is 8.86. The van der Waals surface area contributed by atoms with Crippen LogP contribution < -0.4 is 5.32 Å². The Morgan fingerprint density at radius 3 is 2.72 bits per heavy atom. The van der Waals surface area contributed by atoms with Crippen LogP contribution >= 0.6 is 0 Å². The molecule has 0 radical (unpaired) electrons. The summed E-state index contributed by atoms with van der Waals surface area (Å²) in [6.07, 6.45) is 6.41. The average molecular weight is 256 g/mol. The van der Waals surface area contributed by atoms with Gasteiger partial charge in [0.1, 0.15) is 0 Å². The van der Waals surface area contributed by atoms with Gasteiger partial charge >= 0.3 is 0 Å². The second-order valence-electron chi connectivity index (χ2n) is 5.48. The molecule has 1 unspecified atom stereocenters. The summed E-state index contributed by atoms with van der Waals surface area (Å²) >= 11 is 0. The van der Waals surface area contributed by atoms with Crippen molar-refractivity contribution in [3.05, 3.63) is 0 Å². The van der Waals surface area contributed by atoms with Gasteiger partial charge in [-0.3, -0.25) is 0 Å². The van der Waals surface area contributed by atoms with Crippen molar-refractivity contribution in [1.82, 2.24) is 10.2 Å². The van der Waals surface area contributed by atoms with Crippen molar-refractivity contribution in [3.63, 3.8) is 0 Å².